The summed E-state index contributed by atoms with van der Waals surface area (Å²) in [6.07, 6.45) is 0.904. The summed E-state index contributed by atoms with van der Waals surface area (Å²) in [6.45, 7) is 2.18. The number of para-hydroxylation sites is 1. The topological polar surface area (TPSA) is 36.9 Å². The molecule has 21 heavy (non-hydrogen) atoms. The third kappa shape index (κ3) is 2.99. The van der Waals surface area contributed by atoms with Crippen molar-refractivity contribution < 1.29 is 4.74 Å². The molecule has 3 rings (SSSR count). The number of rotatable bonds is 3. The van der Waals surface area contributed by atoms with Crippen LogP contribution in [0, 0.1) is 0 Å². The zero-order valence-corrected chi connectivity index (χ0v) is 12.3. The highest BCUT2D eigenvalue weighted by atomic mass is 16.5. The van der Waals surface area contributed by atoms with Crippen LogP contribution in [0.15, 0.2) is 59.7 Å². The van der Waals surface area contributed by atoms with Crippen LogP contribution in [0.2, 0.25) is 0 Å². The van der Waals surface area contributed by atoms with Crippen molar-refractivity contribution in [1.29, 1.82) is 0 Å². The van der Waals surface area contributed by atoms with Gasteiger partial charge in [0, 0.05) is 12.1 Å². The Kier molecular flexibility index (Phi) is 3.77. The second-order valence-electron chi connectivity index (χ2n) is 5.13. The molecule has 0 saturated carbocycles. The maximum absolute atomic E-state index is 5.16. The van der Waals surface area contributed by atoms with Crippen LogP contribution in [0.4, 0.5) is 11.4 Å². The Morgan fingerprint density at radius 3 is 2.48 bits per heavy atom. The van der Waals surface area contributed by atoms with Crippen LogP contribution in [0.25, 0.3) is 0 Å². The first-order valence-electron chi connectivity index (χ1n) is 7.09. The van der Waals surface area contributed by atoms with Gasteiger partial charge in [0.15, 0.2) is 0 Å². The third-order valence-electron chi connectivity index (χ3n) is 3.53. The van der Waals surface area contributed by atoms with Gasteiger partial charge in [0.2, 0.25) is 0 Å². The van der Waals surface area contributed by atoms with Crippen LogP contribution < -0.4 is 15.1 Å². The first-order valence-corrected chi connectivity index (χ1v) is 7.09. The van der Waals surface area contributed by atoms with Gasteiger partial charge in [-0.15, -0.1) is 0 Å². The number of ether oxygens (including phenoxy) is 1. The number of nitrogens with zero attached hydrogens (tertiary/aromatic N) is 2. The van der Waals surface area contributed by atoms with Crippen molar-refractivity contribution in [3.63, 3.8) is 0 Å². The van der Waals surface area contributed by atoms with Crippen LogP contribution in [-0.2, 0) is 0 Å². The van der Waals surface area contributed by atoms with Gasteiger partial charge < -0.3 is 10.1 Å². The first-order chi connectivity index (χ1) is 10.3. The predicted molar refractivity (Wildman–Crippen MR) is 87.1 cm³/mol. The van der Waals surface area contributed by atoms with Crippen molar-refractivity contribution in [2.75, 3.05) is 17.4 Å². The second kappa shape index (κ2) is 5.87. The third-order valence-corrected chi connectivity index (χ3v) is 3.53. The number of amidine groups is 1. The van der Waals surface area contributed by atoms with Crippen LogP contribution in [-0.4, -0.2) is 19.0 Å². The van der Waals surface area contributed by atoms with Crippen LogP contribution in [0.3, 0.4) is 0 Å². The fourth-order valence-corrected chi connectivity index (χ4v) is 2.45. The molecule has 4 heteroatoms. The van der Waals surface area contributed by atoms with Crippen molar-refractivity contribution in [3.8, 4) is 5.75 Å². The minimum atomic E-state index is 0.355. The summed E-state index contributed by atoms with van der Waals surface area (Å²) < 4.78 is 5.16. The van der Waals surface area contributed by atoms with E-state index in [4.69, 9.17) is 4.74 Å². The summed E-state index contributed by atoms with van der Waals surface area (Å²) >= 11 is 0. The van der Waals surface area contributed by atoms with Crippen LogP contribution in [0.1, 0.15) is 13.3 Å². The summed E-state index contributed by atoms with van der Waals surface area (Å²) in [5, 5.41) is 10.1. The summed E-state index contributed by atoms with van der Waals surface area (Å²) in [6, 6.07) is 18.5. The van der Waals surface area contributed by atoms with Crippen LogP contribution in [0.5, 0.6) is 5.75 Å². The molecule has 1 aliphatic heterocycles. The molecular formula is C17H19N3O. The van der Waals surface area contributed by atoms with Gasteiger partial charge in [-0.3, -0.25) is 5.01 Å². The van der Waals surface area contributed by atoms with Crippen molar-refractivity contribution in [2.24, 2.45) is 5.10 Å². The number of methoxy groups -OCH3 is 1. The Labute approximate surface area is 125 Å². The molecule has 1 N–H and O–H groups in total. The molecule has 0 saturated heterocycles. The van der Waals surface area contributed by atoms with Gasteiger partial charge in [-0.25, -0.2) is 0 Å². The molecule has 1 aliphatic rings. The summed E-state index contributed by atoms with van der Waals surface area (Å²) in [5.74, 6) is 1.84. The fourth-order valence-electron chi connectivity index (χ4n) is 2.45. The number of hydrogen-bond donors (Lipinski definition) is 1. The highest BCUT2D eigenvalue weighted by Crippen LogP contribution is 2.25. The molecule has 0 bridgehead atoms. The lowest BCUT2D eigenvalue weighted by Crippen LogP contribution is -2.22. The Bertz CT molecular complexity index is 622. The molecule has 0 aliphatic carbocycles. The predicted octanol–water partition coefficient (Wildman–Crippen LogP) is 3.72. The van der Waals surface area contributed by atoms with Gasteiger partial charge in [-0.1, -0.05) is 18.2 Å². The van der Waals surface area contributed by atoms with Gasteiger partial charge in [0.1, 0.15) is 11.6 Å². The van der Waals surface area contributed by atoms with Gasteiger partial charge in [-0.05, 0) is 43.3 Å². The zero-order valence-electron chi connectivity index (χ0n) is 12.3. The monoisotopic (exact) mass is 281 g/mol. The minimum Gasteiger partial charge on any atom is -0.497 e. The molecule has 1 heterocycles. The normalized spacial score (nSPS) is 17.5. The lowest BCUT2D eigenvalue weighted by molar-refractivity contribution is 0.415. The molecule has 0 amide bonds. The summed E-state index contributed by atoms with van der Waals surface area (Å²) in [4.78, 5) is 0. The zero-order chi connectivity index (χ0) is 14.7. The van der Waals surface area contributed by atoms with Crippen molar-refractivity contribution in [2.45, 2.75) is 19.4 Å². The average Bonchev–Trinajstić information content (AvgIpc) is 2.89. The molecule has 0 aromatic heterocycles. The summed E-state index contributed by atoms with van der Waals surface area (Å²) in [7, 11) is 1.67. The minimum absolute atomic E-state index is 0.355. The molecule has 2 aromatic rings. The van der Waals surface area contributed by atoms with Crippen molar-refractivity contribution in [1.82, 2.24) is 0 Å². The Morgan fingerprint density at radius 2 is 1.81 bits per heavy atom. The fraction of sp³-hybridized carbons (Fsp3) is 0.235. The van der Waals surface area contributed by atoms with Gasteiger partial charge in [-0.2, -0.15) is 5.10 Å². The van der Waals surface area contributed by atoms with E-state index in [9.17, 15) is 0 Å². The van der Waals surface area contributed by atoms with E-state index < -0.39 is 0 Å². The molecule has 0 fully saturated rings. The standard InChI is InChI=1S/C17H19N3O/c1-13-12-17(18-14-8-10-16(21-2)11-9-14)19-20(13)15-6-4-3-5-7-15/h3-11,13H,12H2,1-2H3,(H,18,19). The number of nitrogens with one attached hydrogen (secondary N) is 1. The highest BCUT2D eigenvalue weighted by molar-refractivity contribution is 5.98. The molecule has 2 aromatic carbocycles. The Balaban J connectivity index is 1.74. The van der Waals surface area contributed by atoms with Crippen molar-refractivity contribution in [3.05, 3.63) is 54.6 Å². The highest BCUT2D eigenvalue weighted by Gasteiger charge is 2.23. The molecule has 4 nitrogen and oxygen atoms in total. The number of hydrogen-bond acceptors (Lipinski definition) is 4. The molecule has 1 unspecified atom stereocenters. The van der Waals surface area contributed by atoms with E-state index in [1.165, 1.54) is 0 Å². The number of benzene rings is 2. The average molecular weight is 281 g/mol. The lowest BCUT2D eigenvalue weighted by Gasteiger charge is -2.19. The quantitative estimate of drug-likeness (QED) is 0.931. The van der Waals surface area contributed by atoms with Gasteiger partial charge in [0.05, 0.1) is 18.8 Å². The summed E-state index contributed by atoms with van der Waals surface area (Å²) in [5.41, 5.74) is 2.15. The Hall–Kier alpha value is -2.49. The largest absolute Gasteiger partial charge is 0.497 e. The lowest BCUT2D eigenvalue weighted by atomic mass is 10.2. The first kappa shape index (κ1) is 13.5. The van der Waals surface area contributed by atoms with Crippen LogP contribution >= 0.6 is 0 Å². The molecule has 0 radical (unpaired) electrons. The van der Waals surface area contributed by atoms with E-state index in [2.05, 4.69) is 34.5 Å². The molecule has 1 atom stereocenters. The SMILES string of the molecule is COc1ccc(NC2=NN(c3ccccc3)C(C)C2)cc1. The second-order valence-corrected chi connectivity index (χ2v) is 5.13. The van der Waals surface area contributed by atoms with Gasteiger partial charge >= 0.3 is 0 Å². The number of hydrazone groups is 1. The van der Waals surface area contributed by atoms with E-state index in [-0.39, 0.29) is 0 Å². The maximum Gasteiger partial charge on any atom is 0.129 e. The molecule has 108 valence electrons. The van der Waals surface area contributed by atoms with Gasteiger partial charge in [0.25, 0.3) is 0 Å². The number of anilines is 2. The molecular weight excluding hydrogens is 262 g/mol. The van der Waals surface area contributed by atoms with E-state index in [1.807, 2.05) is 42.5 Å². The molecule has 0 spiro atoms. The maximum atomic E-state index is 5.16. The van der Waals surface area contributed by atoms with E-state index in [1.54, 1.807) is 7.11 Å². The van der Waals surface area contributed by atoms with Crippen molar-refractivity contribution >= 4 is 17.2 Å². The Morgan fingerprint density at radius 1 is 1.10 bits per heavy atom. The smallest absolute Gasteiger partial charge is 0.129 e. The van der Waals surface area contributed by atoms with E-state index in [0.29, 0.717) is 6.04 Å². The van der Waals surface area contributed by atoms with E-state index in [0.717, 1.165) is 29.4 Å². The van der Waals surface area contributed by atoms with E-state index >= 15 is 0 Å².